The quantitative estimate of drug-likeness (QED) is 0.793. The lowest BCUT2D eigenvalue weighted by atomic mass is 9.82. The van der Waals surface area contributed by atoms with Gasteiger partial charge in [-0.2, -0.15) is 0 Å². The molecule has 1 aliphatic heterocycles. The fourth-order valence-electron chi connectivity index (χ4n) is 2.01. The molecule has 0 atom stereocenters. The number of hydrogen-bond donors (Lipinski definition) is 1. The highest BCUT2D eigenvalue weighted by atomic mass is 16.5. The molecule has 1 N–H and O–H groups in total. The van der Waals surface area contributed by atoms with E-state index in [-0.39, 0.29) is 5.41 Å². The van der Waals surface area contributed by atoms with Crippen LogP contribution < -0.4 is 5.32 Å². The van der Waals surface area contributed by atoms with Gasteiger partial charge in [0.15, 0.2) is 5.82 Å². The van der Waals surface area contributed by atoms with Crippen LogP contribution in [0, 0.1) is 5.41 Å². The van der Waals surface area contributed by atoms with Crippen molar-refractivity contribution in [1.82, 2.24) is 25.5 Å². The predicted molar refractivity (Wildman–Crippen MR) is 58.7 cm³/mol. The van der Waals surface area contributed by atoms with Crippen LogP contribution in [0.5, 0.6) is 0 Å². The van der Waals surface area contributed by atoms with Gasteiger partial charge in [0.05, 0.1) is 13.1 Å². The first kappa shape index (κ1) is 11.5. The zero-order valence-corrected chi connectivity index (χ0v) is 9.94. The molecule has 0 amide bonds. The van der Waals surface area contributed by atoms with Crippen LogP contribution in [0.2, 0.25) is 0 Å². The van der Waals surface area contributed by atoms with Crippen molar-refractivity contribution in [3.63, 3.8) is 0 Å². The summed E-state index contributed by atoms with van der Waals surface area (Å²) in [5, 5.41) is 14.9. The summed E-state index contributed by atoms with van der Waals surface area (Å²) in [5.74, 6) is 0.898. The smallest absolute Gasteiger partial charge is 0.165 e. The number of tetrazole rings is 1. The summed E-state index contributed by atoms with van der Waals surface area (Å²) in [6.07, 6.45) is 2.15. The Kier molecular flexibility index (Phi) is 3.50. The van der Waals surface area contributed by atoms with E-state index in [1.165, 1.54) is 0 Å². The van der Waals surface area contributed by atoms with E-state index in [2.05, 4.69) is 27.8 Å². The van der Waals surface area contributed by atoms with Gasteiger partial charge in [-0.3, -0.25) is 0 Å². The molecule has 6 heteroatoms. The standard InChI is InChI=1S/C10H19N5O/c1-10(3-5-16-6-4-10)8-15-9(7-11-2)12-13-14-15/h11H,3-8H2,1-2H3. The Hall–Kier alpha value is -1.01. The second kappa shape index (κ2) is 4.88. The maximum Gasteiger partial charge on any atom is 0.165 e. The Morgan fingerprint density at radius 2 is 2.19 bits per heavy atom. The lowest BCUT2D eigenvalue weighted by Crippen LogP contribution is -2.32. The first-order valence-corrected chi connectivity index (χ1v) is 5.71. The van der Waals surface area contributed by atoms with E-state index in [0.717, 1.165) is 38.4 Å². The van der Waals surface area contributed by atoms with Crippen molar-refractivity contribution in [2.24, 2.45) is 5.41 Å². The lowest BCUT2D eigenvalue weighted by molar-refractivity contribution is 0.0131. The van der Waals surface area contributed by atoms with Crippen LogP contribution in [0.25, 0.3) is 0 Å². The summed E-state index contributed by atoms with van der Waals surface area (Å²) in [7, 11) is 1.90. The maximum atomic E-state index is 5.39. The molecule has 2 rings (SSSR count). The van der Waals surface area contributed by atoms with Gasteiger partial charge in [-0.15, -0.1) is 5.10 Å². The van der Waals surface area contributed by atoms with Crippen molar-refractivity contribution in [2.75, 3.05) is 20.3 Å². The minimum Gasteiger partial charge on any atom is -0.381 e. The Bertz CT molecular complexity index is 332. The molecule has 90 valence electrons. The second-order valence-electron chi connectivity index (χ2n) is 4.71. The van der Waals surface area contributed by atoms with E-state index in [4.69, 9.17) is 4.74 Å². The third-order valence-electron chi connectivity index (χ3n) is 3.17. The fraction of sp³-hybridized carbons (Fsp3) is 0.900. The van der Waals surface area contributed by atoms with E-state index in [9.17, 15) is 0 Å². The largest absolute Gasteiger partial charge is 0.381 e. The predicted octanol–water partition coefficient (Wildman–Crippen LogP) is 0.209. The van der Waals surface area contributed by atoms with Gasteiger partial charge in [0.1, 0.15) is 0 Å². The molecular weight excluding hydrogens is 206 g/mol. The molecule has 1 saturated heterocycles. The Balaban J connectivity index is 2.04. The Morgan fingerprint density at radius 1 is 1.44 bits per heavy atom. The van der Waals surface area contributed by atoms with Crippen molar-refractivity contribution in [2.45, 2.75) is 32.9 Å². The molecule has 0 radical (unpaired) electrons. The molecule has 6 nitrogen and oxygen atoms in total. The van der Waals surface area contributed by atoms with Gasteiger partial charge in [0.25, 0.3) is 0 Å². The Labute approximate surface area is 95.4 Å². The molecule has 0 aromatic carbocycles. The van der Waals surface area contributed by atoms with Crippen LogP contribution in [0.15, 0.2) is 0 Å². The van der Waals surface area contributed by atoms with E-state index in [1.807, 2.05) is 11.7 Å². The molecule has 0 aliphatic carbocycles. The van der Waals surface area contributed by atoms with Crippen molar-refractivity contribution in [3.05, 3.63) is 5.82 Å². The topological polar surface area (TPSA) is 64.9 Å². The molecule has 0 bridgehead atoms. The minimum absolute atomic E-state index is 0.260. The van der Waals surface area contributed by atoms with Crippen LogP contribution in [0.4, 0.5) is 0 Å². The molecule has 1 aromatic heterocycles. The second-order valence-corrected chi connectivity index (χ2v) is 4.71. The zero-order chi connectivity index (χ0) is 11.4. The van der Waals surface area contributed by atoms with Crippen LogP contribution in [-0.4, -0.2) is 40.5 Å². The average molecular weight is 225 g/mol. The number of aromatic nitrogens is 4. The van der Waals surface area contributed by atoms with Crippen molar-refractivity contribution >= 4 is 0 Å². The highest BCUT2D eigenvalue weighted by Crippen LogP contribution is 2.31. The highest BCUT2D eigenvalue weighted by Gasteiger charge is 2.29. The van der Waals surface area contributed by atoms with Crippen LogP contribution in [-0.2, 0) is 17.8 Å². The van der Waals surface area contributed by atoms with Gasteiger partial charge in [-0.05, 0) is 35.7 Å². The van der Waals surface area contributed by atoms with Gasteiger partial charge in [-0.1, -0.05) is 6.92 Å². The fourth-order valence-corrected chi connectivity index (χ4v) is 2.01. The first-order chi connectivity index (χ1) is 7.73. The molecule has 2 heterocycles. The van der Waals surface area contributed by atoms with E-state index in [1.54, 1.807) is 0 Å². The maximum absolute atomic E-state index is 5.39. The van der Waals surface area contributed by atoms with E-state index >= 15 is 0 Å². The number of rotatable bonds is 4. The highest BCUT2D eigenvalue weighted by molar-refractivity contribution is 4.84. The van der Waals surface area contributed by atoms with Crippen LogP contribution >= 0.6 is 0 Å². The normalized spacial score (nSPS) is 19.9. The minimum atomic E-state index is 0.260. The van der Waals surface area contributed by atoms with Gasteiger partial charge >= 0.3 is 0 Å². The average Bonchev–Trinajstić information content (AvgIpc) is 2.67. The van der Waals surface area contributed by atoms with Gasteiger partial charge in [-0.25, -0.2) is 4.68 Å². The molecule has 0 spiro atoms. The number of nitrogens with zero attached hydrogens (tertiary/aromatic N) is 4. The van der Waals surface area contributed by atoms with Crippen molar-refractivity contribution < 1.29 is 4.74 Å². The van der Waals surface area contributed by atoms with Gasteiger partial charge in [0.2, 0.25) is 0 Å². The van der Waals surface area contributed by atoms with Crippen molar-refractivity contribution in [3.8, 4) is 0 Å². The molecule has 16 heavy (non-hydrogen) atoms. The number of hydrogen-bond acceptors (Lipinski definition) is 5. The van der Waals surface area contributed by atoms with E-state index < -0.39 is 0 Å². The Morgan fingerprint density at radius 3 is 2.88 bits per heavy atom. The summed E-state index contributed by atoms with van der Waals surface area (Å²) >= 11 is 0. The lowest BCUT2D eigenvalue weighted by Gasteiger charge is -2.33. The SMILES string of the molecule is CNCc1nnnn1CC1(C)CCOCC1. The summed E-state index contributed by atoms with van der Waals surface area (Å²) < 4.78 is 7.29. The van der Waals surface area contributed by atoms with Gasteiger partial charge in [0, 0.05) is 13.2 Å². The van der Waals surface area contributed by atoms with Crippen molar-refractivity contribution in [1.29, 1.82) is 0 Å². The third-order valence-corrected chi connectivity index (χ3v) is 3.17. The molecule has 0 unspecified atom stereocenters. The molecule has 1 aliphatic rings. The molecule has 1 fully saturated rings. The van der Waals surface area contributed by atoms with E-state index in [0.29, 0.717) is 6.54 Å². The molecular formula is C10H19N5O. The van der Waals surface area contributed by atoms with Gasteiger partial charge < -0.3 is 10.1 Å². The monoisotopic (exact) mass is 225 g/mol. The summed E-state index contributed by atoms with van der Waals surface area (Å²) in [6, 6.07) is 0. The first-order valence-electron chi connectivity index (χ1n) is 5.71. The number of nitrogens with one attached hydrogen (secondary N) is 1. The zero-order valence-electron chi connectivity index (χ0n) is 9.94. The summed E-state index contributed by atoms with van der Waals surface area (Å²) in [5.41, 5.74) is 0.260. The number of ether oxygens (including phenoxy) is 1. The summed E-state index contributed by atoms with van der Waals surface area (Å²) in [4.78, 5) is 0. The molecule has 0 saturated carbocycles. The summed E-state index contributed by atoms with van der Waals surface area (Å²) in [6.45, 7) is 5.56. The van der Waals surface area contributed by atoms with Crippen LogP contribution in [0.3, 0.4) is 0 Å². The third kappa shape index (κ3) is 2.56. The molecule has 1 aromatic rings. The van der Waals surface area contributed by atoms with Crippen LogP contribution in [0.1, 0.15) is 25.6 Å².